The largest absolute Gasteiger partial charge is 0.543 e. The molecule has 0 fully saturated rings. The molecule has 0 aliphatic carbocycles. The maximum atomic E-state index is 6.85. The van der Waals surface area contributed by atoms with Gasteiger partial charge in [-0.05, 0) is 43.3 Å². The molecular weight excluding hydrogens is 356 g/mol. The molecule has 146 valence electrons. The molecule has 5 heteroatoms. The second-order valence-electron chi connectivity index (χ2n) is 8.61. The molecule has 2 aromatic carbocycles. The minimum atomic E-state index is -2.05. The number of benzene rings is 2. The van der Waals surface area contributed by atoms with Crippen LogP contribution >= 0.6 is 0 Å². The maximum absolute atomic E-state index is 6.85. The van der Waals surface area contributed by atoms with E-state index in [1.54, 1.807) is 14.2 Å². The molecule has 0 saturated carbocycles. The van der Waals surface area contributed by atoms with Gasteiger partial charge >= 0.3 is 0 Å². The fourth-order valence-corrected chi connectivity index (χ4v) is 4.04. The Morgan fingerprint density at radius 3 is 2.30 bits per heavy atom. The fourth-order valence-electron chi connectivity index (χ4n) is 3.00. The quantitative estimate of drug-likeness (QED) is 0.592. The van der Waals surface area contributed by atoms with Gasteiger partial charge in [-0.2, -0.15) is 0 Å². The Bertz CT molecular complexity index is 907. The average molecular weight is 387 g/mol. The third-order valence-corrected chi connectivity index (χ3v) is 10.0. The molecule has 0 saturated heterocycles. The molecule has 0 spiro atoms. The molecule has 27 heavy (non-hydrogen) atoms. The summed E-state index contributed by atoms with van der Waals surface area (Å²) >= 11 is 0. The van der Waals surface area contributed by atoms with E-state index in [4.69, 9.17) is 18.6 Å². The molecule has 0 bridgehead atoms. The summed E-state index contributed by atoms with van der Waals surface area (Å²) in [4.78, 5) is 0. The van der Waals surface area contributed by atoms with Crippen LogP contribution in [0.2, 0.25) is 18.1 Å². The van der Waals surface area contributed by atoms with Gasteiger partial charge in [-0.15, -0.1) is 0 Å². The summed E-state index contributed by atoms with van der Waals surface area (Å²) in [5.41, 5.74) is 2.22. The zero-order chi connectivity index (χ0) is 20.0. The van der Waals surface area contributed by atoms with E-state index in [0.29, 0.717) is 6.61 Å². The summed E-state index contributed by atoms with van der Waals surface area (Å²) in [6, 6.07) is 6.10. The van der Waals surface area contributed by atoms with E-state index >= 15 is 0 Å². The second-order valence-corrected chi connectivity index (χ2v) is 13.3. The number of rotatable bonds is 4. The molecule has 1 aliphatic heterocycles. The van der Waals surface area contributed by atoms with Crippen LogP contribution in [-0.4, -0.2) is 22.5 Å². The van der Waals surface area contributed by atoms with Gasteiger partial charge in [0.25, 0.3) is 8.32 Å². The SMILES string of the molecule is COc1cc(OC)c2cc3c(c(O[Si](C)(C)C(C)(C)C)c2c1)C=C(C)OC3. The van der Waals surface area contributed by atoms with Crippen molar-refractivity contribution < 1.29 is 18.6 Å². The summed E-state index contributed by atoms with van der Waals surface area (Å²) in [6.07, 6.45) is 2.08. The summed E-state index contributed by atoms with van der Waals surface area (Å²) in [6.45, 7) is 13.8. The van der Waals surface area contributed by atoms with Gasteiger partial charge in [-0.1, -0.05) is 20.8 Å². The topological polar surface area (TPSA) is 36.9 Å². The first-order chi connectivity index (χ1) is 12.6. The van der Waals surface area contributed by atoms with Crippen molar-refractivity contribution >= 4 is 25.2 Å². The lowest BCUT2D eigenvalue weighted by molar-refractivity contribution is 0.199. The van der Waals surface area contributed by atoms with Gasteiger partial charge in [-0.25, -0.2) is 0 Å². The van der Waals surface area contributed by atoms with Gasteiger partial charge in [0.15, 0.2) is 0 Å². The van der Waals surface area contributed by atoms with Crippen LogP contribution in [0.25, 0.3) is 16.8 Å². The Kier molecular flexibility index (Phi) is 4.93. The fraction of sp³-hybridized carbons (Fsp3) is 0.455. The van der Waals surface area contributed by atoms with Gasteiger partial charge in [0.2, 0.25) is 0 Å². The molecule has 0 aromatic heterocycles. The van der Waals surface area contributed by atoms with Crippen molar-refractivity contribution in [2.45, 2.75) is 52.4 Å². The maximum Gasteiger partial charge on any atom is 0.250 e. The van der Waals surface area contributed by atoms with E-state index in [-0.39, 0.29) is 5.04 Å². The Morgan fingerprint density at radius 2 is 1.70 bits per heavy atom. The minimum Gasteiger partial charge on any atom is -0.543 e. The van der Waals surface area contributed by atoms with Gasteiger partial charge in [0.1, 0.15) is 23.9 Å². The third-order valence-electron chi connectivity index (χ3n) is 5.69. The number of hydrogen-bond donors (Lipinski definition) is 0. The molecule has 0 N–H and O–H groups in total. The number of methoxy groups -OCH3 is 2. The van der Waals surface area contributed by atoms with Crippen molar-refractivity contribution in [2.24, 2.45) is 0 Å². The Morgan fingerprint density at radius 1 is 1.00 bits per heavy atom. The van der Waals surface area contributed by atoms with Crippen LogP contribution in [0, 0.1) is 0 Å². The molecule has 3 rings (SSSR count). The van der Waals surface area contributed by atoms with Crippen LogP contribution < -0.4 is 13.9 Å². The highest BCUT2D eigenvalue weighted by Gasteiger charge is 2.40. The Hall–Kier alpha value is -2.14. The molecule has 0 amide bonds. The summed E-state index contributed by atoms with van der Waals surface area (Å²) in [7, 11) is 1.30. The van der Waals surface area contributed by atoms with E-state index in [1.807, 2.05) is 19.1 Å². The Labute approximate surface area is 163 Å². The summed E-state index contributed by atoms with van der Waals surface area (Å²) < 4.78 is 23.8. The van der Waals surface area contributed by atoms with Crippen LogP contribution in [0.1, 0.15) is 38.8 Å². The van der Waals surface area contributed by atoms with Crippen LogP contribution in [-0.2, 0) is 11.3 Å². The lowest BCUT2D eigenvalue weighted by Gasteiger charge is -2.38. The molecule has 4 nitrogen and oxygen atoms in total. The number of hydrogen-bond acceptors (Lipinski definition) is 4. The van der Waals surface area contributed by atoms with E-state index in [0.717, 1.165) is 44.9 Å². The van der Waals surface area contributed by atoms with Crippen molar-refractivity contribution in [3.63, 3.8) is 0 Å². The molecule has 0 unspecified atom stereocenters. The highest BCUT2D eigenvalue weighted by atomic mass is 28.4. The first-order valence-corrected chi connectivity index (χ1v) is 12.2. The lowest BCUT2D eigenvalue weighted by atomic mass is 9.97. The van der Waals surface area contributed by atoms with Crippen molar-refractivity contribution in [3.8, 4) is 17.2 Å². The molecule has 0 atom stereocenters. The van der Waals surface area contributed by atoms with Gasteiger partial charge in [-0.3, -0.25) is 0 Å². The summed E-state index contributed by atoms with van der Waals surface area (Å²) in [5.74, 6) is 3.34. The lowest BCUT2D eigenvalue weighted by Crippen LogP contribution is -2.44. The number of fused-ring (bicyclic) bond motifs is 2. The standard InChI is InChI=1S/C22H30O4Si/c1-14-9-17-15(13-25-14)10-18-19(11-16(23-5)12-20(18)24-6)21(17)26-27(7,8)22(2,3)4/h9-12H,13H2,1-8H3. The van der Waals surface area contributed by atoms with Crippen LogP contribution in [0.5, 0.6) is 17.2 Å². The Balaban J connectivity index is 2.36. The minimum absolute atomic E-state index is 0.0922. The predicted molar refractivity (Wildman–Crippen MR) is 113 cm³/mol. The molecule has 2 aromatic rings. The van der Waals surface area contributed by atoms with E-state index in [9.17, 15) is 0 Å². The first kappa shape index (κ1) is 19.6. The van der Waals surface area contributed by atoms with Crippen LogP contribution in [0.3, 0.4) is 0 Å². The first-order valence-electron chi connectivity index (χ1n) is 9.29. The van der Waals surface area contributed by atoms with Gasteiger partial charge in [0.05, 0.1) is 20.0 Å². The average Bonchev–Trinajstić information content (AvgIpc) is 2.60. The zero-order valence-corrected chi connectivity index (χ0v) is 18.6. The predicted octanol–water partition coefficient (Wildman–Crippen LogP) is 6.13. The van der Waals surface area contributed by atoms with Crippen molar-refractivity contribution in [3.05, 3.63) is 35.1 Å². The monoisotopic (exact) mass is 386 g/mol. The highest BCUT2D eigenvalue weighted by Crippen LogP contribution is 2.46. The van der Waals surface area contributed by atoms with E-state index in [1.165, 1.54) is 0 Å². The second kappa shape index (κ2) is 6.79. The van der Waals surface area contributed by atoms with Crippen molar-refractivity contribution in [2.75, 3.05) is 14.2 Å². The van der Waals surface area contributed by atoms with Crippen molar-refractivity contribution in [1.29, 1.82) is 0 Å². The normalized spacial score (nSPS) is 14.3. The van der Waals surface area contributed by atoms with Crippen molar-refractivity contribution in [1.82, 2.24) is 0 Å². The molecular formula is C22H30O4Si. The van der Waals surface area contributed by atoms with E-state index in [2.05, 4.69) is 46.0 Å². The molecule has 1 aliphatic rings. The highest BCUT2D eigenvalue weighted by molar-refractivity contribution is 6.74. The smallest absolute Gasteiger partial charge is 0.250 e. The number of ether oxygens (including phenoxy) is 3. The molecule has 1 heterocycles. The van der Waals surface area contributed by atoms with E-state index < -0.39 is 8.32 Å². The van der Waals surface area contributed by atoms with Gasteiger partial charge < -0.3 is 18.6 Å². The zero-order valence-electron chi connectivity index (χ0n) is 17.6. The molecule has 0 radical (unpaired) electrons. The van der Waals surface area contributed by atoms with Gasteiger partial charge in [0, 0.05) is 28.0 Å². The van der Waals surface area contributed by atoms with Crippen LogP contribution in [0.15, 0.2) is 24.0 Å². The number of allylic oxidation sites excluding steroid dienone is 1. The summed E-state index contributed by atoms with van der Waals surface area (Å²) in [5, 5.41) is 2.12. The third kappa shape index (κ3) is 3.53. The van der Waals surface area contributed by atoms with Crippen LogP contribution in [0.4, 0.5) is 0 Å².